The number of Topliss-reactive ketones (excluding diaryl/α,β-unsaturated/α-hetero) is 1. The van der Waals surface area contributed by atoms with Crippen LogP contribution in [0, 0.1) is 11.7 Å². The van der Waals surface area contributed by atoms with E-state index in [0.29, 0.717) is 60.1 Å². The standard InChI is InChI=1S/C41H48FN9O5/c1-48-36-21-33(34(42)20-29(36)22-44-48)32-11-8-12-35-40(32)41(46-51(35)25-37(53)43-23-30-24-50(47-45-30)26-39(55)56-2)28-15-17-49(18-16-28)38(54)14-13-31(52)19-27-9-6-4-3-5-7-10-27/h6,8-9,11-12,20-22,24,27-28H,3-5,7,10,13-19,23,25-26H2,1-2H3,(H,43,53)/b9-6-. The van der Waals surface area contributed by atoms with Crippen molar-refractivity contribution in [2.75, 3.05) is 20.2 Å². The van der Waals surface area contributed by atoms with Gasteiger partial charge in [-0.2, -0.15) is 10.2 Å². The summed E-state index contributed by atoms with van der Waals surface area (Å²) in [6, 6.07) is 8.87. The summed E-state index contributed by atoms with van der Waals surface area (Å²) >= 11 is 0. The second kappa shape index (κ2) is 17.4. The van der Waals surface area contributed by atoms with E-state index in [9.17, 15) is 19.2 Å². The summed E-state index contributed by atoms with van der Waals surface area (Å²) < 4.78 is 25.2. The van der Waals surface area contributed by atoms with Crippen molar-refractivity contribution in [1.82, 2.24) is 44.8 Å². The number of amides is 2. The molecule has 1 fully saturated rings. The first-order valence-electron chi connectivity index (χ1n) is 19.5. The number of aromatic nitrogens is 7. The van der Waals surface area contributed by atoms with Crippen LogP contribution < -0.4 is 5.32 Å². The molecule has 0 radical (unpaired) electrons. The molecule has 0 saturated carbocycles. The highest BCUT2D eigenvalue weighted by atomic mass is 19.1. The number of hydrogen-bond donors (Lipinski definition) is 1. The molecule has 2 aromatic carbocycles. The number of esters is 1. The number of methoxy groups -OCH3 is 1. The number of ketones is 1. The van der Waals surface area contributed by atoms with E-state index in [1.54, 1.807) is 27.8 Å². The van der Waals surface area contributed by atoms with Crippen molar-refractivity contribution >= 4 is 45.4 Å². The third-order valence-electron chi connectivity index (χ3n) is 11.0. The van der Waals surface area contributed by atoms with Gasteiger partial charge in [-0.15, -0.1) is 5.10 Å². The van der Waals surface area contributed by atoms with E-state index in [4.69, 9.17) is 5.10 Å². The Labute approximate surface area is 324 Å². The number of ether oxygens (including phenoxy) is 1. The number of benzene rings is 2. The lowest BCUT2D eigenvalue weighted by Gasteiger charge is -2.31. The molecular formula is C41H48FN9O5. The zero-order valence-electron chi connectivity index (χ0n) is 32.0. The Kier molecular flexibility index (Phi) is 12.0. The largest absolute Gasteiger partial charge is 0.468 e. The number of rotatable bonds is 13. The fourth-order valence-electron chi connectivity index (χ4n) is 7.94. The van der Waals surface area contributed by atoms with E-state index in [1.165, 1.54) is 30.7 Å². The van der Waals surface area contributed by atoms with Crippen LogP contribution in [0.4, 0.5) is 4.39 Å². The number of nitrogens with zero attached hydrogens (tertiary/aromatic N) is 8. The molecule has 7 rings (SSSR count). The van der Waals surface area contributed by atoms with Crippen molar-refractivity contribution in [3.63, 3.8) is 0 Å². The number of carbonyl (C=O) groups excluding carboxylic acids is 4. The summed E-state index contributed by atoms with van der Waals surface area (Å²) in [5, 5.41) is 21.5. The van der Waals surface area contributed by atoms with Gasteiger partial charge in [-0.3, -0.25) is 28.5 Å². The minimum atomic E-state index is -0.469. The van der Waals surface area contributed by atoms with Crippen molar-refractivity contribution < 1.29 is 28.3 Å². The van der Waals surface area contributed by atoms with Crippen molar-refractivity contribution in [2.24, 2.45) is 13.0 Å². The van der Waals surface area contributed by atoms with Crippen molar-refractivity contribution in [3.8, 4) is 11.1 Å². The third-order valence-corrected chi connectivity index (χ3v) is 11.0. The lowest BCUT2D eigenvalue weighted by Crippen LogP contribution is -2.38. The molecule has 1 unspecified atom stereocenters. The minimum absolute atomic E-state index is 0.0189. The number of carbonyl (C=O) groups is 4. The van der Waals surface area contributed by atoms with Crippen LogP contribution in [0.2, 0.25) is 0 Å². The van der Waals surface area contributed by atoms with E-state index in [-0.39, 0.29) is 61.9 Å². The second-order valence-corrected chi connectivity index (χ2v) is 14.9. The van der Waals surface area contributed by atoms with Crippen LogP contribution in [0.3, 0.4) is 0 Å². The first-order chi connectivity index (χ1) is 27.2. The van der Waals surface area contributed by atoms with Gasteiger partial charge in [0, 0.05) is 61.7 Å². The predicted molar refractivity (Wildman–Crippen MR) is 206 cm³/mol. The number of fused-ring (bicyclic) bond motifs is 2. The molecule has 1 aliphatic carbocycles. The summed E-state index contributed by atoms with van der Waals surface area (Å²) in [5.41, 5.74) is 3.73. The number of likely N-dealkylation sites (tertiary alicyclic amines) is 1. The zero-order chi connectivity index (χ0) is 39.2. The van der Waals surface area contributed by atoms with Crippen LogP contribution >= 0.6 is 0 Å². The van der Waals surface area contributed by atoms with Gasteiger partial charge in [0.2, 0.25) is 11.8 Å². The number of allylic oxidation sites excluding steroid dienone is 2. The van der Waals surface area contributed by atoms with Gasteiger partial charge in [0.25, 0.3) is 0 Å². The van der Waals surface area contributed by atoms with Crippen molar-refractivity contribution in [3.05, 3.63) is 72.1 Å². The van der Waals surface area contributed by atoms with Gasteiger partial charge in [-0.25, -0.2) is 9.07 Å². The normalized spacial score (nSPS) is 17.1. The first-order valence-corrected chi connectivity index (χ1v) is 19.5. The Balaban J connectivity index is 1.08. The van der Waals surface area contributed by atoms with Crippen molar-refractivity contribution in [2.45, 2.75) is 89.8 Å². The lowest BCUT2D eigenvalue weighted by atomic mass is 9.88. The minimum Gasteiger partial charge on any atom is -0.468 e. The summed E-state index contributed by atoms with van der Waals surface area (Å²) in [7, 11) is 3.10. The van der Waals surface area contributed by atoms with Gasteiger partial charge in [-0.05, 0) is 61.8 Å². The molecule has 1 aliphatic heterocycles. The number of aryl methyl sites for hydroxylation is 1. The van der Waals surface area contributed by atoms with E-state index in [1.807, 2.05) is 30.1 Å². The number of piperidine rings is 1. The van der Waals surface area contributed by atoms with Gasteiger partial charge in [0.15, 0.2) is 0 Å². The fraction of sp³-hybridized carbons (Fsp3) is 0.463. The van der Waals surface area contributed by atoms with E-state index in [2.05, 4.69) is 37.6 Å². The van der Waals surface area contributed by atoms with E-state index >= 15 is 4.39 Å². The SMILES string of the molecule is COC(=O)Cn1cc(CNC(=O)Cn2nc(C3CCN(C(=O)CCC(=O)CC4/C=C\CCCCC4)CC3)c3c(-c4cc5c(cnn5C)cc4F)cccc32)nn1. The molecule has 0 bridgehead atoms. The summed E-state index contributed by atoms with van der Waals surface area (Å²) in [6.45, 7) is 0.893. The van der Waals surface area contributed by atoms with E-state index in [0.717, 1.165) is 35.9 Å². The Bertz CT molecular complexity index is 2270. The molecule has 5 aromatic rings. The smallest absolute Gasteiger partial charge is 0.327 e. The molecule has 3 aromatic heterocycles. The average molecular weight is 766 g/mol. The molecule has 1 N–H and O–H groups in total. The number of hydrogen-bond acceptors (Lipinski definition) is 9. The lowest BCUT2D eigenvalue weighted by molar-refractivity contribution is -0.141. The molecule has 14 nitrogen and oxygen atoms in total. The first kappa shape index (κ1) is 38.5. The maximum Gasteiger partial charge on any atom is 0.327 e. The Morgan fingerprint density at radius 1 is 0.982 bits per heavy atom. The zero-order valence-corrected chi connectivity index (χ0v) is 32.0. The Hall–Kier alpha value is -5.73. The van der Waals surface area contributed by atoms with Crippen LogP contribution in [-0.4, -0.2) is 83.2 Å². The molecule has 1 saturated heterocycles. The van der Waals surface area contributed by atoms with Gasteiger partial charge < -0.3 is 15.0 Å². The highest BCUT2D eigenvalue weighted by Crippen LogP contribution is 2.40. The summed E-state index contributed by atoms with van der Waals surface area (Å²) in [4.78, 5) is 52.9. The number of nitrogens with one attached hydrogen (secondary N) is 1. The summed E-state index contributed by atoms with van der Waals surface area (Å²) in [5.74, 6) is -0.864. The van der Waals surface area contributed by atoms with Gasteiger partial charge >= 0.3 is 5.97 Å². The Morgan fingerprint density at radius 3 is 2.64 bits per heavy atom. The molecule has 2 amide bonds. The van der Waals surface area contributed by atoms with Gasteiger partial charge in [0.1, 0.15) is 30.4 Å². The fourth-order valence-corrected chi connectivity index (χ4v) is 7.94. The highest BCUT2D eigenvalue weighted by molar-refractivity contribution is 6.00. The molecule has 0 spiro atoms. The second-order valence-electron chi connectivity index (χ2n) is 14.9. The molecule has 4 heterocycles. The van der Waals surface area contributed by atoms with Crippen LogP contribution in [0.25, 0.3) is 32.9 Å². The van der Waals surface area contributed by atoms with Gasteiger partial charge in [0.05, 0.1) is 42.8 Å². The van der Waals surface area contributed by atoms with Crippen LogP contribution in [0.5, 0.6) is 0 Å². The van der Waals surface area contributed by atoms with Crippen LogP contribution in [0.1, 0.15) is 81.5 Å². The topological polar surface area (TPSA) is 159 Å². The quantitative estimate of drug-likeness (QED) is 0.123. The average Bonchev–Trinajstić information content (AvgIpc) is 3.90. The summed E-state index contributed by atoms with van der Waals surface area (Å²) in [6.07, 6.45) is 15.4. The number of halogens is 1. The van der Waals surface area contributed by atoms with Crippen molar-refractivity contribution in [1.29, 1.82) is 0 Å². The van der Waals surface area contributed by atoms with Crippen LogP contribution in [0.15, 0.2) is 54.9 Å². The molecule has 56 heavy (non-hydrogen) atoms. The highest BCUT2D eigenvalue weighted by Gasteiger charge is 2.30. The monoisotopic (exact) mass is 765 g/mol. The maximum absolute atomic E-state index is 15.9. The molecule has 1 atom stereocenters. The molecule has 294 valence electrons. The van der Waals surface area contributed by atoms with E-state index < -0.39 is 11.8 Å². The Morgan fingerprint density at radius 2 is 1.82 bits per heavy atom. The van der Waals surface area contributed by atoms with Gasteiger partial charge in [-0.1, -0.05) is 42.3 Å². The maximum atomic E-state index is 15.9. The molecule has 2 aliphatic rings. The van der Waals surface area contributed by atoms with Crippen LogP contribution in [-0.2, 0) is 50.6 Å². The predicted octanol–water partition coefficient (Wildman–Crippen LogP) is 5.39. The molecule has 15 heteroatoms. The molecular weight excluding hydrogens is 718 g/mol. The third kappa shape index (κ3) is 8.87.